The van der Waals surface area contributed by atoms with E-state index in [1.54, 1.807) is 12.1 Å². The molecule has 2 aliphatic heterocycles. The minimum Gasteiger partial charge on any atom is -0.379 e. The zero-order valence-electron chi connectivity index (χ0n) is 27.9. The van der Waals surface area contributed by atoms with Crippen LogP contribution in [0.3, 0.4) is 0 Å². The topological polar surface area (TPSA) is 171 Å². The molecular formula is C34H46BrF2N3O8. The Balaban J connectivity index is 0.000000688. The molecule has 2 aliphatic rings. The van der Waals surface area contributed by atoms with Gasteiger partial charge in [-0.2, -0.15) is 19.2 Å². The van der Waals surface area contributed by atoms with Crippen LogP contribution in [0.5, 0.6) is 0 Å². The highest BCUT2D eigenvalue weighted by Gasteiger charge is 2.34. The second kappa shape index (κ2) is 24.5. The zero-order chi connectivity index (χ0) is 36.6. The van der Waals surface area contributed by atoms with Gasteiger partial charge >= 0.3 is 12.3 Å². The van der Waals surface area contributed by atoms with Crippen molar-refractivity contribution in [2.75, 3.05) is 38.8 Å². The third-order valence-electron chi connectivity index (χ3n) is 7.43. The Bertz CT molecular complexity index is 1330. The van der Waals surface area contributed by atoms with E-state index in [1.807, 2.05) is 0 Å². The van der Waals surface area contributed by atoms with Crippen molar-refractivity contribution in [2.45, 2.75) is 83.2 Å². The summed E-state index contributed by atoms with van der Waals surface area (Å²) in [6.45, 7) is 8.70. The lowest BCUT2D eigenvalue weighted by molar-refractivity contribution is -0.193. The fourth-order valence-electron chi connectivity index (χ4n) is 4.82. The number of nitrogens with two attached hydrogens (primary N) is 1. The molecule has 14 heteroatoms. The van der Waals surface area contributed by atoms with Gasteiger partial charge in [0, 0.05) is 36.0 Å². The van der Waals surface area contributed by atoms with Gasteiger partial charge in [0.2, 0.25) is 0 Å². The molecule has 0 aliphatic carbocycles. The van der Waals surface area contributed by atoms with E-state index in [-0.39, 0.29) is 40.3 Å². The smallest absolute Gasteiger partial charge is 0.373 e. The van der Waals surface area contributed by atoms with Crippen molar-refractivity contribution in [1.29, 1.82) is 0 Å². The van der Waals surface area contributed by atoms with E-state index in [2.05, 4.69) is 40.4 Å². The number of Topliss-reactive ketones (excluding diaryl/α,β-unsaturated/α-hetero) is 1. The fourth-order valence-corrected chi connectivity index (χ4v) is 5.16. The van der Waals surface area contributed by atoms with Gasteiger partial charge in [-0.25, -0.2) is 8.78 Å². The Hall–Kier alpha value is -3.64. The van der Waals surface area contributed by atoms with Crippen molar-refractivity contribution in [3.63, 3.8) is 0 Å². The monoisotopic (exact) mass is 741 g/mol. The van der Waals surface area contributed by atoms with E-state index in [0.717, 1.165) is 58.3 Å². The van der Waals surface area contributed by atoms with Crippen LogP contribution < -0.4 is 16.4 Å². The van der Waals surface area contributed by atoms with Crippen molar-refractivity contribution in [2.24, 2.45) is 5.73 Å². The second-order valence-electron chi connectivity index (χ2n) is 11.2. The number of anilines is 1. The van der Waals surface area contributed by atoms with Crippen molar-refractivity contribution in [3.05, 3.63) is 63.6 Å². The van der Waals surface area contributed by atoms with Gasteiger partial charge in [-0.05, 0) is 69.0 Å². The number of benzene rings is 2. The van der Waals surface area contributed by atoms with Crippen molar-refractivity contribution >= 4 is 45.6 Å². The summed E-state index contributed by atoms with van der Waals surface area (Å²) in [4.78, 5) is 54.7. The molecule has 0 bridgehead atoms. The van der Waals surface area contributed by atoms with Crippen LogP contribution >= 0.6 is 15.9 Å². The summed E-state index contributed by atoms with van der Waals surface area (Å²) in [5, 5.41) is 5.85. The van der Waals surface area contributed by atoms with Gasteiger partial charge in [-0.1, -0.05) is 55.5 Å². The van der Waals surface area contributed by atoms with Crippen LogP contribution in [0.1, 0.15) is 92.9 Å². The maximum atomic E-state index is 14.0. The second-order valence-corrected chi connectivity index (χ2v) is 12.1. The molecule has 2 fully saturated rings. The van der Waals surface area contributed by atoms with Gasteiger partial charge in [-0.15, -0.1) is 0 Å². The Morgan fingerprint density at radius 3 is 1.88 bits per heavy atom. The van der Waals surface area contributed by atoms with Gasteiger partial charge < -0.3 is 25.8 Å². The standard InChI is InChI=1S/C16H23FN2O2.C8H6BrFO.C8H17NO.2CO2/c1-3-4-7-16(8-9-21-11-16)19-12-5-6-13(14(17)10-12)15(20)18-2;1-5(11)7-3-2-6(9)4-8(7)10;1-2-3-4-8(9)5-6-10-7-8;2*2-1-3/h5-6,10,19H,3-4,7-9,11H2,1-2H3,(H,18,20);2-4H,1H3;2-7,9H2,1H3;;/t16-;;8-;;/m1.1../s1. The number of carbonyl (C=O) groups excluding carboxylic acids is 6. The highest BCUT2D eigenvalue weighted by atomic mass is 79.9. The van der Waals surface area contributed by atoms with Crippen LogP contribution in [0, 0.1) is 11.6 Å². The number of ketones is 1. The molecule has 48 heavy (non-hydrogen) atoms. The third kappa shape index (κ3) is 17.0. The lowest BCUT2D eigenvalue weighted by atomic mass is 9.91. The van der Waals surface area contributed by atoms with Crippen molar-refractivity contribution < 1.29 is 47.0 Å². The fraction of sp³-hybridized carbons (Fsp3) is 0.529. The minimum atomic E-state index is -0.510. The minimum absolute atomic E-state index is 0.0238. The SMILES string of the molecule is CC(=O)c1ccc(Br)cc1F.CCCC[C@@]1(N)CCOC1.CCCC[C@@]1(Nc2ccc(C(=O)NC)c(F)c2)CCOC1.O=C=O.O=C=O. The number of hydrogen-bond donors (Lipinski definition) is 3. The third-order valence-corrected chi connectivity index (χ3v) is 7.93. The number of ether oxygens (including phenoxy) is 2. The first-order chi connectivity index (χ1) is 22.8. The lowest BCUT2D eigenvalue weighted by Crippen LogP contribution is -2.39. The molecule has 4 N–H and O–H groups in total. The van der Waals surface area contributed by atoms with E-state index in [1.165, 1.54) is 51.1 Å². The Morgan fingerprint density at radius 2 is 1.42 bits per heavy atom. The highest BCUT2D eigenvalue weighted by Crippen LogP contribution is 2.30. The summed E-state index contributed by atoms with van der Waals surface area (Å²) < 4.78 is 38.2. The van der Waals surface area contributed by atoms with E-state index >= 15 is 0 Å². The van der Waals surface area contributed by atoms with E-state index in [9.17, 15) is 18.4 Å². The lowest BCUT2D eigenvalue weighted by Gasteiger charge is -2.30. The predicted molar refractivity (Wildman–Crippen MR) is 177 cm³/mol. The zero-order valence-corrected chi connectivity index (χ0v) is 29.5. The molecule has 0 radical (unpaired) electrons. The van der Waals surface area contributed by atoms with Crippen LogP contribution in [0.4, 0.5) is 14.5 Å². The molecule has 266 valence electrons. The van der Waals surface area contributed by atoms with Gasteiger partial charge in [0.15, 0.2) is 5.78 Å². The van der Waals surface area contributed by atoms with E-state index in [4.69, 9.17) is 34.4 Å². The number of nitrogens with one attached hydrogen (secondary N) is 2. The molecule has 2 atom stereocenters. The molecule has 0 saturated carbocycles. The molecule has 2 aromatic carbocycles. The average Bonchev–Trinajstić information content (AvgIpc) is 3.69. The first-order valence-corrected chi connectivity index (χ1v) is 16.3. The number of halogens is 3. The molecule has 0 aromatic heterocycles. The molecule has 0 unspecified atom stereocenters. The summed E-state index contributed by atoms with van der Waals surface area (Å²) in [6.07, 6.45) is 9.30. The van der Waals surface area contributed by atoms with E-state index < -0.39 is 17.5 Å². The van der Waals surface area contributed by atoms with Crippen molar-refractivity contribution in [3.8, 4) is 0 Å². The van der Waals surface area contributed by atoms with Gasteiger partial charge in [0.05, 0.1) is 29.9 Å². The van der Waals surface area contributed by atoms with Crippen LogP contribution in [0.2, 0.25) is 0 Å². The Labute approximate surface area is 288 Å². The van der Waals surface area contributed by atoms with Gasteiger partial charge in [0.1, 0.15) is 11.6 Å². The Morgan fingerprint density at radius 1 is 0.875 bits per heavy atom. The molecular weight excluding hydrogens is 696 g/mol. The summed E-state index contributed by atoms with van der Waals surface area (Å²) in [5.74, 6) is -1.66. The quantitative estimate of drug-likeness (QED) is 0.251. The van der Waals surface area contributed by atoms with Crippen molar-refractivity contribution in [1.82, 2.24) is 5.32 Å². The average molecular weight is 743 g/mol. The highest BCUT2D eigenvalue weighted by molar-refractivity contribution is 9.10. The van der Waals surface area contributed by atoms with Crippen LogP contribution in [-0.2, 0) is 28.7 Å². The number of carbonyl (C=O) groups is 2. The summed E-state index contributed by atoms with van der Waals surface area (Å²) in [5.41, 5.74) is 6.82. The van der Waals surface area contributed by atoms with Crippen LogP contribution in [0.15, 0.2) is 40.9 Å². The number of amides is 1. The molecule has 4 rings (SSSR count). The summed E-state index contributed by atoms with van der Waals surface area (Å²) in [7, 11) is 1.49. The predicted octanol–water partition coefficient (Wildman–Crippen LogP) is 5.86. The van der Waals surface area contributed by atoms with E-state index in [0.29, 0.717) is 16.8 Å². The molecule has 1 amide bonds. The number of unbranched alkanes of at least 4 members (excludes halogenated alkanes) is 2. The summed E-state index contributed by atoms with van der Waals surface area (Å²) >= 11 is 3.09. The maximum Gasteiger partial charge on any atom is 0.373 e. The summed E-state index contributed by atoms with van der Waals surface area (Å²) in [6, 6.07) is 9.02. The van der Waals surface area contributed by atoms with Gasteiger partial charge in [-0.3, -0.25) is 9.59 Å². The molecule has 11 nitrogen and oxygen atoms in total. The van der Waals surface area contributed by atoms with Crippen LogP contribution in [-0.4, -0.2) is 68.5 Å². The van der Waals surface area contributed by atoms with Crippen LogP contribution in [0.25, 0.3) is 0 Å². The number of hydrogen-bond acceptors (Lipinski definition) is 10. The van der Waals surface area contributed by atoms with Gasteiger partial charge in [0.25, 0.3) is 5.91 Å². The largest absolute Gasteiger partial charge is 0.379 e. The molecule has 2 heterocycles. The Kier molecular flexibility index (Phi) is 22.6. The normalized spacial score (nSPS) is 18.8. The first kappa shape index (κ1) is 44.4. The molecule has 2 saturated heterocycles. The molecule has 2 aromatic rings. The number of rotatable bonds is 10. The molecule has 0 spiro atoms. The maximum absolute atomic E-state index is 14.0. The first-order valence-electron chi connectivity index (χ1n) is 15.5.